The highest BCUT2D eigenvalue weighted by molar-refractivity contribution is 6.33. The standard InChI is InChI=1S/C30H35ClN6O5/c1-6-20(38)15-19-10-7-8-11-23(19)35-27-22(31)17-34-28(37-27)36-24-16-21(26(32)39)25(14-18(24)2)41-13-9-12-33-29(40)42-30(3,4)5/h6-8,10-11,14,16-17H,1,9,12-13,15H2,2-5H3,(H2,32,39)(H,33,40)(H2,34,35,36,37). The number of carbonyl (C=O) groups is 3. The lowest BCUT2D eigenvalue weighted by atomic mass is 10.1. The zero-order valence-corrected chi connectivity index (χ0v) is 24.8. The summed E-state index contributed by atoms with van der Waals surface area (Å²) in [5.74, 6) is 0.0474. The Kier molecular flexibility index (Phi) is 10.9. The lowest BCUT2D eigenvalue weighted by molar-refractivity contribution is -0.114. The van der Waals surface area contributed by atoms with Crippen molar-refractivity contribution in [3.05, 3.63) is 77.0 Å². The molecule has 0 fully saturated rings. The van der Waals surface area contributed by atoms with Crippen molar-refractivity contribution in [2.75, 3.05) is 23.8 Å². The van der Waals surface area contributed by atoms with Gasteiger partial charge in [-0.05, 0) is 69.5 Å². The number of carbonyl (C=O) groups excluding carboxylic acids is 3. The van der Waals surface area contributed by atoms with E-state index in [1.165, 1.54) is 12.3 Å². The second kappa shape index (κ2) is 14.3. The molecule has 0 spiro atoms. The molecule has 222 valence electrons. The molecule has 2 aromatic carbocycles. The molecule has 0 aliphatic heterocycles. The van der Waals surface area contributed by atoms with Gasteiger partial charge in [-0.3, -0.25) is 9.59 Å². The second-order valence-electron chi connectivity index (χ2n) is 10.3. The third-order valence-electron chi connectivity index (χ3n) is 5.69. The van der Waals surface area contributed by atoms with Gasteiger partial charge in [0.1, 0.15) is 16.4 Å². The quantitative estimate of drug-likeness (QED) is 0.146. The summed E-state index contributed by atoms with van der Waals surface area (Å²) in [6, 6.07) is 10.5. The summed E-state index contributed by atoms with van der Waals surface area (Å²) in [7, 11) is 0. The summed E-state index contributed by atoms with van der Waals surface area (Å²) in [6.45, 7) is 11.3. The minimum atomic E-state index is -0.676. The highest BCUT2D eigenvalue weighted by Crippen LogP contribution is 2.31. The largest absolute Gasteiger partial charge is 0.493 e. The molecular weight excluding hydrogens is 560 g/mol. The van der Waals surface area contributed by atoms with E-state index in [2.05, 4.69) is 32.5 Å². The molecule has 1 heterocycles. The average molecular weight is 595 g/mol. The predicted octanol–water partition coefficient (Wildman–Crippen LogP) is 5.62. The Bertz CT molecular complexity index is 1470. The number of halogens is 1. The number of ketones is 1. The Balaban J connectivity index is 1.71. The molecule has 0 saturated heterocycles. The summed E-state index contributed by atoms with van der Waals surface area (Å²) >= 11 is 6.36. The highest BCUT2D eigenvalue weighted by Gasteiger charge is 2.17. The van der Waals surface area contributed by atoms with Crippen LogP contribution < -0.4 is 26.4 Å². The number of alkyl carbamates (subject to hydrolysis) is 1. The average Bonchev–Trinajstić information content (AvgIpc) is 2.91. The van der Waals surface area contributed by atoms with Crippen LogP contribution in [-0.4, -0.2) is 46.5 Å². The van der Waals surface area contributed by atoms with Gasteiger partial charge in [-0.2, -0.15) is 4.98 Å². The Labute approximate surface area is 249 Å². The number of anilines is 4. The molecule has 5 N–H and O–H groups in total. The number of aromatic nitrogens is 2. The van der Waals surface area contributed by atoms with Crippen molar-refractivity contribution in [3.63, 3.8) is 0 Å². The summed E-state index contributed by atoms with van der Waals surface area (Å²) < 4.78 is 11.0. The molecule has 0 atom stereocenters. The number of hydrogen-bond acceptors (Lipinski definition) is 9. The molecule has 0 saturated carbocycles. The molecule has 12 heteroatoms. The number of allylic oxidation sites excluding steroid dienone is 1. The molecule has 3 rings (SSSR count). The summed E-state index contributed by atoms with van der Waals surface area (Å²) in [4.78, 5) is 44.7. The number of ether oxygens (including phenoxy) is 2. The zero-order valence-electron chi connectivity index (χ0n) is 24.0. The van der Waals surface area contributed by atoms with Crippen LogP contribution >= 0.6 is 11.6 Å². The SMILES string of the molecule is C=CC(=O)Cc1ccccc1Nc1nc(Nc2cc(C(N)=O)c(OCCCNC(=O)OC(C)(C)C)cc2C)ncc1Cl. The van der Waals surface area contributed by atoms with Gasteiger partial charge in [0.15, 0.2) is 11.6 Å². The number of nitrogens with zero attached hydrogens (tertiary/aromatic N) is 2. The van der Waals surface area contributed by atoms with Crippen LogP contribution in [-0.2, 0) is 16.0 Å². The molecule has 42 heavy (non-hydrogen) atoms. The van der Waals surface area contributed by atoms with Gasteiger partial charge in [0, 0.05) is 24.3 Å². The van der Waals surface area contributed by atoms with Gasteiger partial charge in [-0.1, -0.05) is 36.4 Å². The molecule has 0 radical (unpaired) electrons. The van der Waals surface area contributed by atoms with Crippen molar-refractivity contribution in [2.24, 2.45) is 5.73 Å². The maximum atomic E-state index is 12.2. The number of hydrogen-bond donors (Lipinski definition) is 4. The Morgan fingerprint density at radius 3 is 2.55 bits per heavy atom. The van der Waals surface area contributed by atoms with E-state index in [1.54, 1.807) is 32.9 Å². The molecule has 1 aromatic heterocycles. The number of amides is 2. The molecule has 2 amide bonds. The van der Waals surface area contributed by atoms with Crippen LogP contribution in [0.15, 0.2) is 55.3 Å². The van der Waals surface area contributed by atoms with Crippen molar-refractivity contribution < 1.29 is 23.9 Å². The predicted molar refractivity (Wildman–Crippen MR) is 163 cm³/mol. The van der Waals surface area contributed by atoms with Crippen LogP contribution in [0.4, 0.5) is 27.9 Å². The minimum absolute atomic E-state index is 0.119. The Morgan fingerprint density at radius 2 is 1.86 bits per heavy atom. The summed E-state index contributed by atoms with van der Waals surface area (Å²) in [6.07, 6.45) is 2.85. The van der Waals surface area contributed by atoms with E-state index in [0.29, 0.717) is 35.9 Å². The number of rotatable bonds is 13. The zero-order chi connectivity index (χ0) is 30.9. The highest BCUT2D eigenvalue weighted by atomic mass is 35.5. The molecule has 0 aliphatic rings. The molecule has 0 aliphatic carbocycles. The maximum Gasteiger partial charge on any atom is 0.407 e. The monoisotopic (exact) mass is 594 g/mol. The lowest BCUT2D eigenvalue weighted by Crippen LogP contribution is -2.33. The number of nitrogens with one attached hydrogen (secondary N) is 3. The number of nitrogens with two attached hydrogens (primary N) is 1. The first-order chi connectivity index (χ1) is 19.9. The van der Waals surface area contributed by atoms with Gasteiger partial charge in [0.2, 0.25) is 5.95 Å². The Morgan fingerprint density at radius 1 is 1.12 bits per heavy atom. The fourth-order valence-corrected chi connectivity index (χ4v) is 3.84. The van der Waals surface area contributed by atoms with E-state index in [-0.39, 0.29) is 35.3 Å². The van der Waals surface area contributed by atoms with E-state index in [9.17, 15) is 14.4 Å². The number of benzene rings is 2. The summed E-state index contributed by atoms with van der Waals surface area (Å²) in [5.41, 5.74) is 7.90. The maximum absolute atomic E-state index is 12.2. The molecular formula is C30H35ClN6O5. The summed E-state index contributed by atoms with van der Waals surface area (Å²) in [5, 5.41) is 9.19. The van der Waals surface area contributed by atoms with Crippen LogP contribution in [0.25, 0.3) is 0 Å². The molecule has 0 bridgehead atoms. The van der Waals surface area contributed by atoms with E-state index < -0.39 is 17.6 Å². The molecule has 11 nitrogen and oxygen atoms in total. The van der Waals surface area contributed by atoms with Gasteiger partial charge in [-0.15, -0.1) is 0 Å². The first kappa shape index (κ1) is 31.9. The third-order valence-corrected chi connectivity index (χ3v) is 5.97. The minimum Gasteiger partial charge on any atom is -0.493 e. The third kappa shape index (κ3) is 9.48. The van der Waals surface area contributed by atoms with Crippen molar-refractivity contribution in [2.45, 2.75) is 46.1 Å². The first-order valence-electron chi connectivity index (χ1n) is 13.2. The Hall–Kier alpha value is -4.64. The number of para-hydroxylation sites is 1. The molecule has 3 aromatic rings. The second-order valence-corrected chi connectivity index (χ2v) is 10.7. The van der Waals surface area contributed by atoms with Crippen LogP contribution in [0.3, 0.4) is 0 Å². The van der Waals surface area contributed by atoms with Gasteiger partial charge in [-0.25, -0.2) is 9.78 Å². The molecule has 0 unspecified atom stereocenters. The first-order valence-corrected chi connectivity index (χ1v) is 13.6. The van der Waals surface area contributed by atoms with Crippen LogP contribution in [0, 0.1) is 6.92 Å². The van der Waals surface area contributed by atoms with Crippen molar-refractivity contribution in [1.29, 1.82) is 0 Å². The van der Waals surface area contributed by atoms with Crippen molar-refractivity contribution >= 4 is 52.5 Å². The van der Waals surface area contributed by atoms with Crippen molar-refractivity contribution in [1.82, 2.24) is 15.3 Å². The van der Waals surface area contributed by atoms with E-state index in [1.807, 2.05) is 31.2 Å². The van der Waals surface area contributed by atoms with E-state index >= 15 is 0 Å². The fraction of sp³-hybridized carbons (Fsp3) is 0.300. The van der Waals surface area contributed by atoms with Crippen LogP contribution in [0.2, 0.25) is 5.02 Å². The lowest BCUT2D eigenvalue weighted by Gasteiger charge is -2.19. The van der Waals surface area contributed by atoms with E-state index in [4.69, 9.17) is 26.8 Å². The van der Waals surface area contributed by atoms with Gasteiger partial charge >= 0.3 is 6.09 Å². The van der Waals surface area contributed by atoms with Crippen LogP contribution in [0.5, 0.6) is 5.75 Å². The van der Waals surface area contributed by atoms with Gasteiger partial charge < -0.3 is 31.2 Å². The van der Waals surface area contributed by atoms with Crippen LogP contribution in [0.1, 0.15) is 48.7 Å². The van der Waals surface area contributed by atoms with E-state index in [0.717, 1.165) is 11.1 Å². The van der Waals surface area contributed by atoms with Gasteiger partial charge in [0.25, 0.3) is 5.91 Å². The topological polar surface area (TPSA) is 158 Å². The smallest absolute Gasteiger partial charge is 0.407 e. The fourth-order valence-electron chi connectivity index (χ4n) is 3.71. The van der Waals surface area contributed by atoms with Crippen molar-refractivity contribution in [3.8, 4) is 5.75 Å². The number of aryl methyl sites for hydroxylation is 1. The number of primary amides is 1. The van der Waals surface area contributed by atoms with Gasteiger partial charge in [0.05, 0.1) is 18.4 Å². The normalized spacial score (nSPS) is 10.9.